The van der Waals surface area contributed by atoms with Gasteiger partial charge in [-0.25, -0.2) is 4.39 Å². The summed E-state index contributed by atoms with van der Waals surface area (Å²) in [5, 5.41) is 26.2. The van der Waals surface area contributed by atoms with Gasteiger partial charge in [-0.05, 0) is 24.0 Å². The van der Waals surface area contributed by atoms with Crippen molar-refractivity contribution in [2.24, 2.45) is 0 Å². The van der Waals surface area contributed by atoms with Crippen molar-refractivity contribution in [3.8, 4) is 6.07 Å². The molecule has 0 aliphatic carbocycles. The van der Waals surface area contributed by atoms with Crippen molar-refractivity contribution in [3.05, 3.63) is 29.1 Å². The molecule has 0 saturated carbocycles. The highest BCUT2D eigenvalue weighted by molar-refractivity contribution is 6.59. The number of rotatable bonds is 1. The Morgan fingerprint density at radius 2 is 2.08 bits per heavy atom. The van der Waals surface area contributed by atoms with Gasteiger partial charge < -0.3 is 10.0 Å². The lowest BCUT2D eigenvalue weighted by molar-refractivity contribution is 0.425. The maximum Gasteiger partial charge on any atom is 0.488 e. The van der Waals surface area contributed by atoms with Crippen molar-refractivity contribution in [1.82, 2.24) is 0 Å². The third-order valence-electron chi connectivity index (χ3n) is 1.85. The van der Waals surface area contributed by atoms with Crippen LogP contribution in [-0.2, 0) is 0 Å². The van der Waals surface area contributed by atoms with Gasteiger partial charge in [0.2, 0.25) is 0 Å². The molecule has 0 saturated heterocycles. The minimum Gasteiger partial charge on any atom is -0.423 e. The van der Waals surface area contributed by atoms with Gasteiger partial charge >= 0.3 is 7.12 Å². The molecular formula is C8H7BFNO2. The fourth-order valence-electron chi connectivity index (χ4n) is 1.11. The molecule has 5 heteroatoms. The van der Waals surface area contributed by atoms with Crippen LogP contribution < -0.4 is 5.46 Å². The van der Waals surface area contributed by atoms with Crippen LogP contribution >= 0.6 is 0 Å². The number of nitriles is 1. The van der Waals surface area contributed by atoms with E-state index in [2.05, 4.69) is 0 Å². The number of halogens is 1. The van der Waals surface area contributed by atoms with Crippen LogP contribution in [0.15, 0.2) is 12.1 Å². The van der Waals surface area contributed by atoms with E-state index in [0.717, 1.165) is 6.07 Å². The molecule has 3 nitrogen and oxygen atoms in total. The van der Waals surface area contributed by atoms with Crippen molar-refractivity contribution in [1.29, 1.82) is 5.26 Å². The predicted molar refractivity (Wildman–Crippen MR) is 45.7 cm³/mol. The third-order valence-corrected chi connectivity index (χ3v) is 1.85. The van der Waals surface area contributed by atoms with Crippen LogP contribution in [0.3, 0.4) is 0 Å². The summed E-state index contributed by atoms with van der Waals surface area (Å²) < 4.78 is 12.9. The molecule has 0 fully saturated rings. The van der Waals surface area contributed by atoms with Crippen LogP contribution in [0.5, 0.6) is 0 Å². The summed E-state index contributed by atoms with van der Waals surface area (Å²) in [5.41, 5.74) is 0.265. The summed E-state index contributed by atoms with van der Waals surface area (Å²) in [6.45, 7) is 1.47. The molecule has 0 aliphatic heterocycles. The Labute approximate surface area is 75.2 Å². The van der Waals surface area contributed by atoms with Gasteiger partial charge in [0, 0.05) is 0 Å². The van der Waals surface area contributed by atoms with Gasteiger partial charge in [-0.1, -0.05) is 6.07 Å². The Kier molecular flexibility index (Phi) is 2.66. The van der Waals surface area contributed by atoms with Crippen molar-refractivity contribution in [2.45, 2.75) is 6.92 Å². The molecule has 0 unspecified atom stereocenters. The SMILES string of the molecule is Cc1c(B(O)O)ccc(F)c1C#N. The second-order valence-electron chi connectivity index (χ2n) is 2.62. The van der Waals surface area contributed by atoms with Gasteiger partial charge in [0.25, 0.3) is 0 Å². The second-order valence-corrected chi connectivity index (χ2v) is 2.62. The zero-order valence-electron chi connectivity index (χ0n) is 6.95. The molecule has 1 rings (SSSR count). The predicted octanol–water partition coefficient (Wildman–Crippen LogP) is -0.314. The van der Waals surface area contributed by atoms with Crippen molar-refractivity contribution >= 4 is 12.6 Å². The molecular weight excluding hydrogens is 172 g/mol. The molecule has 13 heavy (non-hydrogen) atoms. The van der Waals surface area contributed by atoms with E-state index >= 15 is 0 Å². The van der Waals surface area contributed by atoms with Crippen molar-refractivity contribution in [3.63, 3.8) is 0 Å². The first-order chi connectivity index (χ1) is 6.07. The minimum atomic E-state index is -1.67. The monoisotopic (exact) mass is 179 g/mol. The molecule has 2 N–H and O–H groups in total. The highest BCUT2D eigenvalue weighted by Crippen LogP contribution is 2.09. The average molecular weight is 179 g/mol. The molecule has 0 bridgehead atoms. The molecule has 0 atom stereocenters. The fourth-order valence-corrected chi connectivity index (χ4v) is 1.11. The van der Waals surface area contributed by atoms with Crippen LogP contribution in [-0.4, -0.2) is 17.2 Å². The molecule has 0 aromatic heterocycles. The van der Waals surface area contributed by atoms with Gasteiger partial charge in [-0.2, -0.15) is 5.26 Å². The second kappa shape index (κ2) is 3.56. The van der Waals surface area contributed by atoms with E-state index < -0.39 is 12.9 Å². The number of hydrogen-bond acceptors (Lipinski definition) is 3. The molecule has 1 aromatic carbocycles. The van der Waals surface area contributed by atoms with Crippen LogP contribution in [0.25, 0.3) is 0 Å². The lowest BCUT2D eigenvalue weighted by Crippen LogP contribution is -2.32. The lowest BCUT2D eigenvalue weighted by Gasteiger charge is -2.05. The molecule has 0 amide bonds. The minimum absolute atomic E-state index is 0.148. The normalized spacial score (nSPS) is 9.46. The van der Waals surface area contributed by atoms with Crippen LogP contribution in [0.4, 0.5) is 4.39 Å². The Hall–Kier alpha value is -1.38. The average Bonchev–Trinajstić information content (AvgIpc) is 2.04. The van der Waals surface area contributed by atoms with Crippen LogP contribution in [0.1, 0.15) is 11.1 Å². The zero-order chi connectivity index (χ0) is 10.0. The molecule has 0 radical (unpaired) electrons. The molecule has 0 aliphatic rings. The highest BCUT2D eigenvalue weighted by atomic mass is 19.1. The van der Waals surface area contributed by atoms with E-state index in [4.69, 9.17) is 15.3 Å². The summed E-state index contributed by atoms with van der Waals surface area (Å²) in [5.74, 6) is -0.649. The molecule has 0 spiro atoms. The Balaban J connectivity index is 3.38. The number of benzene rings is 1. The summed E-state index contributed by atoms with van der Waals surface area (Å²) >= 11 is 0. The maximum absolute atomic E-state index is 12.9. The van der Waals surface area contributed by atoms with Gasteiger partial charge in [0.05, 0.1) is 5.56 Å². The van der Waals surface area contributed by atoms with Crippen molar-refractivity contribution in [2.75, 3.05) is 0 Å². The largest absolute Gasteiger partial charge is 0.488 e. The van der Waals surface area contributed by atoms with Crippen molar-refractivity contribution < 1.29 is 14.4 Å². The Bertz CT molecular complexity index is 373. The summed E-state index contributed by atoms with van der Waals surface area (Å²) in [6.07, 6.45) is 0. The highest BCUT2D eigenvalue weighted by Gasteiger charge is 2.17. The van der Waals surface area contributed by atoms with E-state index in [1.807, 2.05) is 0 Å². The standard InChI is InChI=1S/C8H7BFNO2/c1-5-6(4-11)8(10)3-2-7(5)9(12)13/h2-3,12-13H,1H3. The first-order valence-electron chi connectivity index (χ1n) is 3.63. The van der Waals surface area contributed by atoms with Gasteiger partial charge in [-0.3, -0.25) is 0 Å². The fraction of sp³-hybridized carbons (Fsp3) is 0.125. The molecule has 1 aromatic rings. The van der Waals surface area contributed by atoms with Gasteiger partial charge in [-0.15, -0.1) is 0 Å². The number of nitrogens with zero attached hydrogens (tertiary/aromatic N) is 1. The Morgan fingerprint density at radius 1 is 1.46 bits per heavy atom. The van der Waals surface area contributed by atoms with Gasteiger partial charge in [0.1, 0.15) is 11.9 Å². The van der Waals surface area contributed by atoms with Gasteiger partial charge in [0.15, 0.2) is 0 Å². The first-order valence-corrected chi connectivity index (χ1v) is 3.63. The third kappa shape index (κ3) is 1.69. The summed E-state index contributed by atoms with van der Waals surface area (Å²) in [4.78, 5) is 0. The molecule has 0 heterocycles. The van der Waals surface area contributed by atoms with E-state index in [1.54, 1.807) is 6.07 Å². The smallest absolute Gasteiger partial charge is 0.423 e. The zero-order valence-corrected chi connectivity index (χ0v) is 6.95. The summed E-state index contributed by atoms with van der Waals surface area (Å²) in [7, 11) is -1.67. The first kappa shape index (κ1) is 9.71. The summed E-state index contributed by atoms with van der Waals surface area (Å²) in [6, 6.07) is 3.95. The lowest BCUT2D eigenvalue weighted by atomic mass is 9.76. The van der Waals surface area contributed by atoms with E-state index in [-0.39, 0.29) is 16.6 Å². The maximum atomic E-state index is 12.9. The Morgan fingerprint density at radius 3 is 2.54 bits per heavy atom. The molecule has 66 valence electrons. The van der Waals surface area contributed by atoms with Crippen LogP contribution in [0, 0.1) is 24.1 Å². The topological polar surface area (TPSA) is 64.2 Å². The quantitative estimate of drug-likeness (QED) is 0.581. The van der Waals surface area contributed by atoms with E-state index in [1.165, 1.54) is 13.0 Å². The van der Waals surface area contributed by atoms with E-state index in [0.29, 0.717) is 0 Å². The number of hydrogen-bond donors (Lipinski definition) is 2. The van der Waals surface area contributed by atoms with E-state index in [9.17, 15) is 4.39 Å². The van der Waals surface area contributed by atoms with Crippen LogP contribution in [0.2, 0.25) is 0 Å².